The average molecular weight is 227 g/mol. The standard InChI is InChI=1S/C12H25N3O/c1-11(2)7-9(8-12(3,4)15-11)14-10(16)5-6-13/h9,15H,5-8,13H2,1-4H3,(H,14,16). The van der Waals surface area contributed by atoms with Crippen LogP contribution in [0.4, 0.5) is 0 Å². The fourth-order valence-corrected chi connectivity index (χ4v) is 2.86. The summed E-state index contributed by atoms with van der Waals surface area (Å²) >= 11 is 0. The van der Waals surface area contributed by atoms with E-state index in [-0.39, 0.29) is 23.0 Å². The highest BCUT2D eigenvalue weighted by Gasteiger charge is 2.37. The number of amides is 1. The van der Waals surface area contributed by atoms with E-state index in [1.165, 1.54) is 0 Å². The van der Waals surface area contributed by atoms with Crippen LogP contribution in [0.15, 0.2) is 0 Å². The molecule has 0 aromatic heterocycles. The van der Waals surface area contributed by atoms with Crippen LogP contribution in [0.3, 0.4) is 0 Å². The van der Waals surface area contributed by atoms with Gasteiger partial charge in [0.25, 0.3) is 0 Å². The lowest BCUT2D eigenvalue weighted by molar-refractivity contribution is -0.122. The van der Waals surface area contributed by atoms with Crippen LogP contribution in [0.5, 0.6) is 0 Å². The quantitative estimate of drug-likeness (QED) is 0.667. The molecule has 4 nitrogen and oxygen atoms in total. The first-order valence-electron chi connectivity index (χ1n) is 6.03. The van der Waals surface area contributed by atoms with E-state index in [0.717, 1.165) is 12.8 Å². The second-order valence-corrected chi connectivity index (χ2v) is 6.10. The molecular formula is C12H25N3O. The smallest absolute Gasteiger partial charge is 0.221 e. The molecule has 0 aliphatic carbocycles. The van der Waals surface area contributed by atoms with Crippen molar-refractivity contribution in [1.82, 2.24) is 10.6 Å². The predicted octanol–water partition coefficient (Wildman–Crippen LogP) is 0.761. The van der Waals surface area contributed by atoms with Gasteiger partial charge >= 0.3 is 0 Å². The molecule has 4 N–H and O–H groups in total. The molecule has 1 fully saturated rings. The summed E-state index contributed by atoms with van der Waals surface area (Å²) in [6.07, 6.45) is 2.35. The molecule has 94 valence electrons. The average Bonchev–Trinajstić information content (AvgIpc) is 1.96. The number of piperidine rings is 1. The Kier molecular flexibility index (Phi) is 3.97. The highest BCUT2D eigenvalue weighted by Crippen LogP contribution is 2.28. The van der Waals surface area contributed by atoms with Gasteiger partial charge in [0.2, 0.25) is 5.91 Å². The second-order valence-electron chi connectivity index (χ2n) is 6.10. The van der Waals surface area contributed by atoms with E-state index in [9.17, 15) is 4.79 Å². The van der Waals surface area contributed by atoms with Crippen molar-refractivity contribution in [3.05, 3.63) is 0 Å². The summed E-state index contributed by atoms with van der Waals surface area (Å²) in [5.74, 6) is 0.0704. The molecule has 1 heterocycles. The van der Waals surface area contributed by atoms with Gasteiger partial charge in [0.05, 0.1) is 0 Å². The number of hydrogen-bond acceptors (Lipinski definition) is 3. The monoisotopic (exact) mass is 227 g/mol. The number of nitrogens with one attached hydrogen (secondary N) is 2. The van der Waals surface area contributed by atoms with E-state index in [0.29, 0.717) is 13.0 Å². The molecule has 0 atom stereocenters. The Morgan fingerprint density at radius 2 is 1.81 bits per heavy atom. The largest absolute Gasteiger partial charge is 0.353 e. The third-order valence-electron chi connectivity index (χ3n) is 2.93. The van der Waals surface area contributed by atoms with Crippen LogP contribution < -0.4 is 16.4 Å². The Hall–Kier alpha value is -0.610. The summed E-state index contributed by atoms with van der Waals surface area (Å²) in [5, 5.41) is 6.66. The molecule has 0 aromatic carbocycles. The van der Waals surface area contributed by atoms with E-state index < -0.39 is 0 Å². The maximum atomic E-state index is 11.5. The predicted molar refractivity (Wildman–Crippen MR) is 66.1 cm³/mol. The molecule has 1 saturated heterocycles. The fourth-order valence-electron chi connectivity index (χ4n) is 2.86. The first kappa shape index (κ1) is 13.5. The Labute approximate surface area is 98.3 Å². The second kappa shape index (κ2) is 4.72. The number of hydrogen-bond donors (Lipinski definition) is 3. The summed E-state index contributed by atoms with van der Waals surface area (Å²) in [6, 6.07) is 0.255. The lowest BCUT2D eigenvalue weighted by atomic mass is 9.79. The Balaban J connectivity index is 2.57. The van der Waals surface area contributed by atoms with Gasteiger partial charge in [-0.05, 0) is 40.5 Å². The zero-order valence-corrected chi connectivity index (χ0v) is 10.9. The third kappa shape index (κ3) is 4.10. The number of nitrogens with two attached hydrogens (primary N) is 1. The minimum atomic E-state index is 0.0704. The minimum absolute atomic E-state index is 0.0704. The van der Waals surface area contributed by atoms with Crippen molar-refractivity contribution >= 4 is 5.91 Å². The van der Waals surface area contributed by atoms with Crippen LogP contribution in [0.1, 0.15) is 47.0 Å². The molecule has 0 unspecified atom stereocenters. The van der Waals surface area contributed by atoms with Gasteiger partial charge in [-0.15, -0.1) is 0 Å². The molecule has 16 heavy (non-hydrogen) atoms. The summed E-state index contributed by atoms with van der Waals surface area (Å²) in [7, 11) is 0. The highest BCUT2D eigenvalue weighted by atomic mass is 16.1. The Morgan fingerprint density at radius 3 is 2.25 bits per heavy atom. The molecule has 1 rings (SSSR count). The van der Waals surface area contributed by atoms with Gasteiger partial charge < -0.3 is 16.4 Å². The van der Waals surface area contributed by atoms with Crippen molar-refractivity contribution in [3.8, 4) is 0 Å². The maximum absolute atomic E-state index is 11.5. The first-order chi connectivity index (χ1) is 7.24. The molecule has 0 saturated carbocycles. The topological polar surface area (TPSA) is 67.2 Å². The van der Waals surface area contributed by atoms with Crippen molar-refractivity contribution in [2.45, 2.75) is 64.1 Å². The zero-order chi connectivity index (χ0) is 12.4. The first-order valence-corrected chi connectivity index (χ1v) is 6.03. The summed E-state index contributed by atoms with van der Waals surface area (Å²) < 4.78 is 0. The van der Waals surface area contributed by atoms with Gasteiger partial charge in [0.15, 0.2) is 0 Å². The van der Waals surface area contributed by atoms with Gasteiger partial charge in [-0.3, -0.25) is 4.79 Å². The van der Waals surface area contributed by atoms with Crippen LogP contribution in [-0.2, 0) is 4.79 Å². The lowest BCUT2D eigenvalue weighted by Crippen LogP contribution is -2.62. The van der Waals surface area contributed by atoms with Crippen molar-refractivity contribution in [2.24, 2.45) is 5.73 Å². The Morgan fingerprint density at radius 1 is 1.31 bits per heavy atom. The van der Waals surface area contributed by atoms with E-state index >= 15 is 0 Å². The number of carbonyl (C=O) groups excluding carboxylic acids is 1. The lowest BCUT2D eigenvalue weighted by Gasteiger charge is -2.46. The SMILES string of the molecule is CC1(C)CC(NC(=O)CCN)CC(C)(C)N1. The summed E-state index contributed by atoms with van der Waals surface area (Å²) in [4.78, 5) is 11.5. The summed E-state index contributed by atoms with van der Waals surface area (Å²) in [5.41, 5.74) is 5.51. The minimum Gasteiger partial charge on any atom is -0.353 e. The van der Waals surface area contributed by atoms with Crippen molar-refractivity contribution in [1.29, 1.82) is 0 Å². The molecule has 0 radical (unpaired) electrons. The van der Waals surface area contributed by atoms with Crippen molar-refractivity contribution in [2.75, 3.05) is 6.54 Å². The van der Waals surface area contributed by atoms with Crippen LogP contribution in [0.2, 0.25) is 0 Å². The van der Waals surface area contributed by atoms with E-state index in [2.05, 4.69) is 38.3 Å². The van der Waals surface area contributed by atoms with Crippen molar-refractivity contribution in [3.63, 3.8) is 0 Å². The molecular weight excluding hydrogens is 202 g/mol. The van der Waals surface area contributed by atoms with Crippen LogP contribution in [0.25, 0.3) is 0 Å². The molecule has 4 heteroatoms. The van der Waals surface area contributed by atoms with Crippen molar-refractivity contribution < 1.29 is 4.79 Å². The van der Waals surface area contributed by atoms with E-state index in [4.69, 9.17) is 5.73 Å². The zero-order valence-electron chi connectivity index (χ0n) is 10.9. The number of rotatable bonds is 3. The summed E-state index contributed by atoms with van der Waals surface area (Å²) in [6.45, 7) is 9.13. The molecule has 1 aliphatic heterocycles. The number of carbonyl (C=O) groups is 1. The van der Waals surface area contributed by atoms with Gasteiger partial charge in [0.1, 0.15) is 0 Å². The van der Waals surface area contributed by atoms with Crippen LogP contribution in [0, 0.1) is 0 Å². The molecule has 1 amide bonds. The van der Waals surface area contributed by atoms with Crippen LogP contribution >= 0.6 is 0 Å². The van der Waals surface area contributed by atoms with Gasteiger partial charge in [-0.2, -0.15) is 0 Å². The molecule has 0 aromatic rings. The molecule has 0 bridgehead atoms. The van der Waals surface area contributed by atoms with E-state index in [1.807, 2.05) is 0 Å². The third-order valence-corrected chi connectivity index (χ3v) is 2.93. The normalized spacial score (nSPS) is 24.1. The van der Waals surface area contributed by atoms with Crippen LogP contribution in [-0.4, -0.2) is 29.6 Å². The maximum Gasteiger partial charge on any atom is 0.221 e. The fraction of sp³-hybridized carbons (Fsp3) is 0.917. The molecule has 0 spiro atoms. The van der Waals surface area contributed by atoms with E-state index in [1.54, 1.807) is 0 Å². The highest BCUT2D eigenvalue weighted by molar-refractivity contribution is 5.76. The van der Waals surface area contributed by atoms with Gasteiger partial charge in [0, 0.05) is 30.1 Å². The Bertz CT molecular complexity index is 245. The molecule has 1 aliphatic rings. The van der Waals surface area contributed by atoms with Gasteiger partial charge in [-0.1, -0.05) is 0 Å². The van der Waals surface area contributed by atoms with Gasteiger partial charge in [-0.25, -0.2) is 0 Å².